The molecular weight excluding hydrogens is 258 g/mol. The van der Waals surface area contributed by atoms with Crippen LogP contribution in [0.4, 0.5) is 5.69 Å². The molecule has 0 atom stereocenters. The summed E-state index contributed by atoms with van der Waals surface area (Å²) in [4.78, 5) is 0. The van der Waals surface area contributed by atoms with Gasteiger partial charge in [-0.1, -0.05) is 30.3 Å². The number of nitrogens with two attached hydrogens (primary N) is 1. The molecule has 0 aliphatic carbocycles. The summed E-state index contributed by atoms with van der Waals surface area (Å²) in [7, 11) is 0. The van der Waals surface area contributed by atoms with Crippen molar-refractivity contribution in [2.45, 2.75) is 0 Å². The van der Waals surface area contributed by atoms with Crippen LogP contribution in [0.3, 0.4) is 0 Å². The van der Waals surface area contributed by atoms with E-state index in [0.29, 0.717) is 5.56 Å². The van der Waals surface area contributed by atoms with Crippen LogP contribution in [0.5, 0.6) is 5.75 Å². The standard InChI is InChI=1S/C14H13N3OS/c15-14(19)17(12-7-2-1-3-8-12)16-10-11-6-4-5-9-13(11)18/h1-10,18H,(H2,15,19)/b16-10+. The SMILES string of the molecule is NC(=S)N(/N=C/c1ccccc1O)c1ccccc1. The Morgan fingerprint density at radius 3 is 2.37 bits per heavy atom. The number of thiocarbonyl (C=S) groups is 1. The number of phenolic OH excluding ortho intramolecular Hbond substituents is 1. The van der Waals surface area contributed by atoms with Gasteiger partial charge in [-0.3, -0.25) is 0 Å². The zero-order valence-corrected chi connectivity index (χ0v) is 10.9. The van der Waals surface area contributed by atoms with E-state index in [1.165, 1.54) is 11.2 Å². The Kier molecular flexibility index (Phi) is 4.10. The van der Waals surface area contributed by atoms with Crippen LogP contribution >= 0.6 is 12.2 Å². The molecule has 0 radical (unpaired) electrons. The van der Waals surface area contributed by atoms with Crippen LogP contribution in [0.25, 0.3) is 0 Å². The first-order chi connectivity index (χ1) is 9.18. The molecule has 96 valence electrons. The number of hydrogen-bond donors (Lipinski definition) is 2. The van der Waals surface area contributed by atoms with Crippen molar-refractivity contribution in [3.8, 4) is 5.75 Å². The fourth-order valence-corrected chi connectivity index (χ4v) is 1.69. The first-order valence-corrected chi connectivity index (χ1v) is 6.06. The van der Waals surface area contributed by atoms with Gasteiger partial charge in [-0.15, -0.1) is 0 Å². The Hall–Kier alpha value is -2.40. The Bertz CT molecular complexity index is 599. The molecule has 5 heteroatoms. The average Bonchev–Trinajstić information content (AvgIpc) is 2.42. The van der Waals surface area contributed by atoms with Gasteiger partial charge < -0.3 is 10.8 Å². The van der Waals surface area contributed by atoms with E-state index in [2.05, 4.69) is 5.10 Å². The lowest BCUT2D eigenvalue weighted by molar-refractivity contribution is 0.474. The Balaban J connectivity index is 2.28. The monoisotopic (exact) mass is 271 g/mol. The van der Waals surface area contributed by atoms with Crippen LogP contribution in [-0.4, -0.2) is 16.4 Å². The second-order valence-electron chi connectivity index (χ2n) is 3.79. The van der Waals surface area contributed by atoms with Gasteiger partial charge in [-0.05, 0) is 36.5 Å². The second-order valence-corrected chi connectivity index (χ2v) is 4.21. The van der Waals surface area contributed by atoms with Gasteiger partial charge in [0.2, 0.25) is 0 Å². The summed E-state index contributed by atoms with van der Waals surface area (Å²) in [5.74, 6) is 0.155. The third kappa shape index (κ3) is 3.29. The van der Waals surface area contributed by atoms with Crippen LogP contribution in [0.2, 0.25) is 0 Å². The van der Waals surface area contributed by atoms with Crippen LogP contribution in [0.1, 0.15) is 5.56 Å². The van der Waals surface area contributed by atoms with Gasteiger partial charge in [0.15, 0.2) is 5.11 Å². The summed E-state index contributed by atoms with van der Waals surface area (Å²) in [5, 5.41) is 15.4. The van der Waals surface area contributed by atoms with Crippen LogP contribution in [0.15, 0.2) is 59.7 Å². The first-order valence-electron chi connectivity index (χ1n) is 5.65. The number of hydrogen-bond acceptors (Lipinski definition) is 3. The lowest BCUT2D eigenvalue weighted by Crippen LogP contribution is -2.30. The molecule has 0 saturated heterocycles. The molecule has 0 fully saturated rings. The van der Waals surface area contributed by atoms with Gasteiger partial charge in [-0.25, -0.2) is 5.01 Å². The zero-order valence-electron chi connectivity index (χ0n) is 10.1. The molecule has 0 amide bonds. The number of hydrazone groups is 1. The maximum absolute atomic E-state index is 9.66. The second kappa shape index (κ2) is 5.97. The fourth-order valence-electron chi connectivity index (χ4n) is 1.54. The van der Waals surface area contributed by atoms with Gasteiger partial charge in [0.1, 0.15) is 5.75 Å². The summed E-state index contributed by atoms with van der Waals surface area (Å²) in [5.41, 5.74) is 7.01. The summed E-state index contributed by atoms with van der Waals surface area (Å²) in [6.07, 6.45) is 1.52. The number of phenols is 1. The molecule has 3 N–H and O–H groups in total. The molecule has 19 heavy (non-hydrogen) atoms. The maximum atomic E-state index is 9.66. The number of anilines is 1. The molecular formula is C14H13N3OS. The van der Waals surface area contributed by atoms with Crippen molar-refractivity contribution in [1.29, 1.82) is 0 Å². The minimum absolute atomic E-state index is 0.137. The zero-order chi connectivity index (χ0) is 13.7. The summed E-state index contributed by atoms with van der Waals surface area (Å²) >= 11 is 4.97. The highest BCUT2D eigenvalue weighted by atomic mass is 32.1. The number of benzene rings is 2. The lowest BCUT2D eigenvalue weighted by atomic mass is 10.2. The molecule has 0 unspecified atom stereocenters. The number of rotatable bonds is 3. The Labute approximate surface area is 116 Å². The smallest absolute Gasteiger partial charge is 0.191 e. The van der Waals surface area contributed by atoms with Crippen molar-refractivity contribution in [2.75, 3.05) is 5.01 Å². The molecule has 0 aliphatic heterocycles. The molecule has 0 bridgehead atoms. The van der Waals surface area contributed by atoms with Gasteiger partial charge >= 0.3 is 0 Å². The molecule has 2 rings (SSSR count). The van der Waals surface area contributed by atoms with Gasteiger partial charge in [0, 0.05) is 5.56 Å². The largest absolute Gasteiger partial charge is 0.507 e. The maximum Gasteiger partial charge on any atom is 0.191 e. The first kappa shape index (κ1) is 13.0. The van der Waals surface area contributed by atoms with E-state index in [1.54, 1.807) is 18.2 Å². The van der Waals surface area contributed by atoms with E-state index in [1.807, 2.05) is 36.4 Å². The van der Waals surface area contributed by atoms with Gasteiger partial charge in [0.05, 0.1) is 11.9 Å². The highest BCUT2D eigenvalue weighted by Crippen LogP contribution is 2.16. The van der Waals surface area contributed by atoms with Crippen molar-refractivity contribution in [3.05, 3.63) is 60.2 Å². The predicted octanol–water partition coefficient (Wildman–Crippen LogP) is 2.48. The average molecular weight is 271 g/mol. The highest BCUT2D eigenvalue weighted by molar-refractivity contribution is 7.80. The minimum Gasteiger partial charge on any atom is -0.507 e. The Morgan fingerprint density at radius 1 is 1.11 bits per heavy atom. The number of nitrogens with zero attached hydrogens (tertiary/aromatic N) is 2. The predicted molar refractivity (Wildman–Crippen MR) is 81.4 cm³/mol. The number of para-hydroxylation sites is 2. The molecule has 4 nitrogen and oxygen atoms in total. The molecule has 0 saturated carbocycles. The fraction of sp³-hybridized carbons (Fsp3) is 0. The van der Waals surface area contributed by atoms with Crippen LogP contribution in [0, 0.1) is 0 Å². The van der Waals surface area contributed by atoms with Crippen molar-refractivity contribution in [1.82, 2.24) is 0 Å². The van der Waals surface area contributed by atoms with E-state index in [-0.39, 0.29) is 10.9 Å². The summed E-state index contributed by atoms with van der Waals surface area (Å²) < 4.78 is 0. The van der Waals surface area contributed by atoms with E-state index < -0.39 is 0 Å². The van der Waals surface area contributed by atoms with Gasteiger partial charge in [0.25, 0.3) is 0 Å². The summed E-state index contributed by atoms with van der Waals surface area (Å²) in [6.45, 7) is 0. The minimum atomic E-state index is 0.137. The topological polar surface area (TPSA) is 61.8 Å². The number of aromatic hydroxyl groups is 1. The summed E-state index contributed by atoms with van der Waals surface area (Å²) in [6, 6.07) is 16.2. The van der Waals surface area contributed by atoms with E-state index in [0.717, 1.165) is 5.69 Å². The third-order valence-electron chi connectivity index (χ3n) is 2.46. The molecule has 0 spiro atoms. The van der Waals surface area contributed by atoms with Crippen LogP contribution in [-0.2, 0) is 0 Å². The van der Waals surface area contributed by atoms with Gasteiger partial charge in [-0.2, -0.15) is 5.10 Å². The Morgan fingerprint density at radius 2 is 1.74 bits per heavy atom. The molecule has 0 heterocycles. The molecule has 2 aromatic rings. The van der Waals surface area contributed by atoms with E-state index in [9.17, 15) is 5.11 Å². The third-order valence-corrected chi connectivity index (χ3v) is 2.63. The molecule has 2 aromatic carbocycles. The lowest BCUT2D eigenvalue weighted by Gasteiger charge is -2.16. The normalized spacial score (nSPS) is 10.5. The quantitative estimate of drug-likeness (QED) is 0.511. The molecule has 0 aliphatic rings. The van der Waals surface area contributed by atoms with Crippen LogP contribution < -0.4 is 10.7 Å². The van der Waals surface area contributed by atoms with E-state index >= 15 is 0 Å². The van der Waals surface area contributed by atoms with Crippen molar-refractivity contribution >= 4 is 29.2 Å². The van der Waals surface area contributed by atoms with E-state index in [4.69, 9.17) is 18.0 Å². The van der Waals surface area contributed by atoms with Crippen molar-refractivity contribution in [3.63, 3.8) is 0 Å². The molecule has 0 aromatic heterocycles. The highest BCUT2D eigenvalue weighted by Gasteiger charge is 2.06. The van der Waals surface area contributed by atoms with Crippen molar-refractivity contribution in [2.24, 2.45) is 10.8 Å². The van der Waals surface area contributed by atoms with Crippen molar-refractivity contribution < 1.29 is 5.11 Å².